The lowest BCUT2D eigenvalue weighted by Gasteiger charge is -2.35. The summed E-state index contributed by atoms with van der Waals surface area (Å²) in [6, 6.07) is 21.1. The number of nitrogens with zero attached hydrogens (tertiary/aromatic N) is 5. The predicted octanol–water partition coefficient (Wildman–Crippen LogP) is 3.38. The zero-order valence-electron chi connectivity index (χ0n) is 21.4. The Kier molecular flexibility index (Phi) is 7.81. The van der Waals surface area contributed by atoms with Gasteiger partial charge < -0.3 is 15.7 Å². The third kappa shape index (κ3) is 5.52. The minimum atomic E-state index is 0.191. The first-order valence-corrected chi connectivity index (χ1v) is 13.0. The maximum Gasteiger partial charge on any atom is 0.166 e. The molecule has 0 radical (unpaired) electrons. The maximum absolute atomic E-state index is 9.36. The molecular formula is C30H34N6O. The van der Waals surface area contributed by atoms with Gasteiger partial charge in [-0.05, 0) is 30.5 Å². The summed E-state index contributed by atoms with van der Waals surface area (Å²) < 4.78 is 2.01. The Morgan fingerprint density at radius 3 is 2.49 bits per heavy atom. The highest BCUT2D eigenvalue weighted by atomic mass is 16.3. The van der Waals surface area contributed by atoms with Crippen LogP contribution < -0.4 is 10.6 Å². The van der Waals surface area contributed by atoms with E-state index in [1.165, 1.54) is 5.56 Å². The molecule has 0 bridgehead atoms. The number of aromatic nitrogens is 3. The molecule has 3 N–H and O–H groups in total. The predicted molar refractivity (Wildman–Crippen MR) is 149 cm³/mol. The molecule has 37 heavy (non-hydrogen) atoms. The topological polar surface area (TPSA) is 82.9 Å². The number of fused-ring (bicyclic) bond motifs is 1. The molecule has 7 nitrogen and oxygen atoms in total. The summed E-state index contributed by atoms with van der Waals surface area (Å²) in [6.45, 7) is 6.92. The van der Waals surface area contributed by atoms with Crippen LogP contribution in [0.3, 0.4) is 0 Å². The van der Waals surface area contributed by atoms with Crippen molar-refractivity contribution in [2.75, 3.05) is 50.8 Å². The number of nitrogens with two attached hydrogens (primary N) is 1. The molecule has 3 heterocycles. The Morgan fingerprint density at radius 2 is 1.73 bits per heavy atom. The Labute approximate surface area is 218 Å². The second kappa shape index (κ2) is 11.6. The zero-order valence-corrected chi connectivity index (χ0v) is 21.4. The largest absolute Gasteiger partial charge is 0.395 e. The van der Waals surface area contributed by atoms with Gasteiger partial charge in [-0.3, -0.25) is 4.90 Å². The summed E-state index contributed by atoms with van der Waals surface area (Å²) in [5.41, 5.74) is 12.8. The molecule has 5 rings (SSSR count). The smallest absolute Gasteiger partial charge is 0.166 e. The Morgan fingerprint density at radius 1 is 0.946 bits per heavy atom. The molecule has 1 saturated heterocycles. The van der Waals surface area contributed by atoms with Crippen molar-refractivity contribution in [3.8, 4) is 34.2 Å². The van der Waals surface area contributed by atoms with E-state index in [0.717, 1.165) is 78.6 Å². The van der Waals surface area contributed by atoms with E-state index in [4.69, 9.17) is 15.8 Å². The quantitative estimate of drug-likeness (QED) is 0.383. The van der Waals surface area contributed by atoms with Gasteiger partial charge in [0.15, 0.2) is 5.65 Å². The number of β-amino-alcohol motifs (C(OH)–C–C–N with tert-alkyl or cyclic N) is 1. The first kappa shape index (κ1) is 25.0. The van der Waals surface area contributed by atoms with Crippen LogP contribution in [0.1, 0.15) is 17.7 Å². The van der Waals surface area contributed by atoms with E-state index in [1.54, 1.807) is 0 Å². The fraction of sp³-hybridized carbons (Fsp3) is 0.333. The number of rotatable bonds is 7. The van der Waals surface area contributed by atoms with Crippen LogP contribution in [-0.2, 0) is 6.42 Å². The summed E-state index contributed by atoms with van der Waals surface area (Å²) in [5.74, 6) is 7.13. The summed E-state index contributed by atoms with van der Waals surface area (Å²) >= 11 is 0. The number of hydrogen-bond acceptors (Lipinski definition) is 6. The SMILES string of the molecule is Cc1nn2c(N3CCN(CCO)CC3)cc(-c3cccc(CCC#CCN)c3)nc2c1-c1ccccc1. The van der Waals surface area contributed by atoms with Crippen LogP contribution in [0, 0.1) is 18.8 Å². The number of hydrogen-bond donors (Lipinski definition) is 2. The van der Waals surface area contributed by atoms with E-state index in [-0.39, 0.29) is 6.61 Å². The third-order valence-corrected chi connectivity index (χ3v) is 6.91. The van der Waals surface area contributed by atoms with E-state index in [2.05, 4.69) is 83.2 Å². The maximum atomic E-state index is 9.36. The second-order valence-corrected chi connectivity index (χ2v) is 9.37. The Bertz CT molecular complexity index is 1410. The molecule has 0 atom stereocenters. The van der Waals surface area contributed by atoms with Crippen LogP contribution in [-0.4, -0.2) is 70.5 Å². The standard InChI is InChI=1S/C30H34N6O/c1-23-29(25-11-5-2-6-12-25)30-32-27(26-13-8-10-24(21-26)9-4-3-7-14-31)22-28(36(30)33-23)35-17-15-34(16-18-35)19-20-37/h2,5-6,8,10-13,21-22,37H,4,9,14-20,31H2,1H3. The minimum Gasteiger partial charge on any atom is -0.395 e. The molecule has 2 aromatic heterocycles. The van der Waals surface area contributed by atoms with Crippen LogP contribution in [0.15, 0.2) is 60.7 Å². The van der Waals surface area contributed by atoms with Crippen molar-refractivity contribution in [3.05, 3.63) is 71.9 Å². The van der Waals surface area contributed by atoms with Crippen molar-refractivity contribution in [1.29, 1.82) is 0 Å². The van der Waals surface area contributed by atoms with Crippen molar-refractivity contribution < 1.29 is 5.11 Å². The van der Waals surface area contributed by atoms with E-state index >= 15 is 0 Å². The lowest BCUT2D eigenvalue weighted by atomic mass is 10.0. The molecule has 190 valence electrons. The molecule has 7 heteroatoms. The lowest BCUT2D eigenvalue weighted by molar-refractivity contribution is 0.188. The average molecular weight is 495 g/mol. The second-order valence-electron chi connectivity index (χ2n) is 9.37. The summed E-state index contributed by atoms with van der Waals surface area (Å²) in [4.78, 5) is 9.87. The highest BCUT2D eigenvalue weighted by Gasteiger charge is 2.23. The van der Waals surface area contributed by atoms with Gasteiger partial charge in [0, 0.05) is 56.3 Å². The monoisotopic (exact) mass is 494 g/mol. The number of piperazine rings is 1. The molecule has 1 fully saturated rings. The Balaban J connectivity index is 1.59. The molecule has 4 aromatic rings. The fourth-order valence-electron chi connectivity index (χ4n) is 5.02. The number of aryl methyl sites for hydroxylation is 2. The molecule has 0 saturated carbocycles. The molecule has 0 spiro atoms. The van der Waals surface area contributed by atoms with Gasteiger partial charge in [-0.25, -0.2) is 4.98 Å². The highest BCUT2D eigenvalue weighted by Crippen LogP contribution is 2.33. The first-order valence-electron chi connectivity index (χ1n) is 13.0. The van der Waals surface area contributed by atoms with Gasteiger partial charge in [-0.1, -0.05) is 54.5 Å². The van der Waals surface area contributed by atoms with E-state index in [0.29, 0.717) is 13.1 Å². The average Bonchev–Trinajstić information content (AvgIpc) is 3.27. The van der Waals surface area contributed by atoms with Crippen LogP contribution in [0.5, 0.6) is 0 Å². The van der Waals surface area contributed by atoms with Gasteiger partial charge in [0.2, 0.25) is 0 Å². The first-order chi connectivity index (χ1) is 18.2. The molecule has 1 aliphatic heterocycles. The third-order valence-electron chi connectivity index (χ3n) is 6.91. The molecule has 1 aliphatic rings. The van der Waals surface area contributed by atoms with Crippen LogP contribution in [0.4, 0.5) is 5.82 Å². The Hall–Kier alpha value is -3.70. The normalized spacial score (nSPS) is 14.1. The summed E-state index contributed by atoms with van der Waals surface area (Å²) in [7, 11) is 0. The zero-order chi connectivity index (χ0) is 25.6. The molecule has 0 amide bonds. The number of anilines is 1. The van der Waals surface area contributed by atoms with Crippen LogP contribution in [0.2, 0.25) is 0 Å². The van der Waals surface area contributed by atoms with E-state index in [9.17, 15) is 5.11 Å². The molecule has 0 unspecified atom stereocenters. The van der Waals surface area contributed by atoms with Gasteiger partial charge in [-0.2, -0.15) is 9.61 Å². The van der Waals surface area contributed by atoms with E-state index < -0.39 is 0 Å². The number of benzene rings is 2. The van der Waals surface area contributed by atoms with Gasteiger partial charge in [0.25, 0.3) is 0 Å². The van der Waals surface area contributed by atoms with Crippen molar-refractivity contribution in [1.82, 2.24) is 19.5 Å². The fourth-order valence-corrected chi connectivity index (χ4v) is 5.02. The van der Waals surface area contributed by atoms with Gasteiger partial charge in [0.1, 0.15) is 5.82 Å². The molecule has 0 aliphatic carbocycles. The van der Waals surface area contributed by atoms with Crippen molar-refractivity contribution in [2.45, 2.75) is 19.8 Å². The van der Waals surface area contributed by atoms with Crippen LogP contribution >= 0.6 is 0 Å². The summed E-state index contributed by atoms with van der Waals surface area (Å²) in [6.07, 6.45) is 1.67. The van der Waals surface area contributed by atoms with Crippen LogP contribution in [0.25, 0.3) is 28.0 Å². The molecular weight excluding hydrogens is 460 g/mol. The van der Waals surface area contributed by atoms with Crippen molar-refractivity contribution in [3.63, 3.8) is 0 Å². The van der Waals surface area contributed by atoms with Crippen molar-refractivity contribution >= 4 is 11.5 Å². The van der Waals surface area contributed by atoms with Gasteiger partial charge in [-0.15, -0.1) is 5.92 Å². The van der Waals surface area contributed by atoms with Gasteiger partial charge in [0.05, 0.1) is 24.5 Å². The van der Waals surface area contributed by atoms with Gasteiger partial charge >= 0.3 is 0 Å². The number of aliphatic hydroxyl groups is 1. The summed E-state index contributed by atoms with van der Waals surface area (Å²) in [5, 5.41) is 14.3. The van der Waals surface area contributed by atoms with Crippen molar-refractivity contribution in [2.24, 2.45) is 5.73 Å². The number of aliphatic hydroxyl groups excluding tert-OH is 1. The lowest BCUT2D eigenvalue weighted by Crippen LogP contribution is -2.47. The highest BCUT2D eigenvalue weighted by molar-refractivity contribution is 5.83. The molecule has 2 aromatic carbocycles. The minimum absolute atomic E-state index is 0.191. The van der Waals surface area contributed by atoms with E-state index in [1.807, 2.05) is 10.6 Å².